The molecular formula is C20H23N5O2S. The second-order valence-corrected chi connectivity index (χ2v) is 7.13. The van der Waals surface area contributed by atoms with E-state index in [9.17, 15) is 4.79 Å². The molecule has 0 aliphatic rings. The number of nitrogen functional groups attached to an aromatic ring is 1. The second kappa shape index (κ2) is 9.27. The van der Waals surface area contributed by atoms with Crippen molar-refractivity contribution in [3.05, 3.63) is 65.5 Å². The normalized spacial score (nSPS) is 10.6. The summed E-state index contributed by atoms with van der Waals surface area (Å²) in [5.41, 5.74) is 3.01. The van der Waals surface area contributed by atoms with Crippen molar-refractivity contribution >= 4 is 23.4 Å². The number of carbonyl (C=O) groups is 1. The molecule has 0 unspecified atom stereocenters. The highest BCUT2D eigenvalue weighted by Crippen LogP contribution is 2.19. The van der Waals surface area contributed by atoms with Crippen LogP contribution in [0.3, 0.4) is 0 Å². The Kier molecular flexibility index (Phi) is 6.54. The van der Waals surface area contributed by atoms with Gasteiger partial charge in [-0.25, -0.2) is 4.68 Å². The lowest BCUT2D eigenvalue weighted by atomic mass is 10.1. The van der Waals surface area contributed by atoms with E-state index in [2.05, 4.69) is 22.4 Å². The number of ether oxygens (including phenoxy) is 1. The van der Waals surface area contributed by atoms with Crippen LogP contribution in [-0.4, -0.2) is 33.6 Å². The number of aryl methyl sites for hydroxylation is 1. The molecule has 3 N–H and O–H groups in total. The van der Waals surface area contributed by atoms with E-state index in [4.69, 9.17) is 10.6 Å². The van der Waals surface area contributed by atoms with Gasteiger partial charge in [0.2, 0.25) is 11.1 Å². The molecule has 0 fully saturated rings. The van der Waals surface area contributed by atoms with Gasteiger partial charge in [-0.05, 0) is 41.8 Å². The van der Waals surface area contributed by atoms with Crippen molar-refractivity contribution < 1.29 is 9.53 Å². The molecule has 0 aliphatic carbocycles. The quantitative estimate of drug-likeness (QED) is 0.448. The third kappa shape index (κ3) is 5.04. The van der Waals surface area contributed by atoms with Crippen molar-refractivity contribution in [2.75, 3.05) is 24.0 Å². The maximum atomic E-state index is 12.2. The fraction of sp³-hybridized carbons (Fsp3) is 0.250. The van der Waals surface area contributed by atoms with Crippen LogP contribution in [0.15, 0.2) is 53.7 Å². The molecule has 3 aromatic rings. The van der Waals surface area contributed by atoms with E-state index in [1.807, 2.05) is 48.5 Å². The van der Waals surface area contributed by atoms with Gasteiger partial charge in [0.25, 0.3) is 0 Å². The Labute approximate surface area is 168 Å². The monoisotopic (exact) mass is 397 g/mol. The summed E-state index contributed by atoms with van der Waals surface area (Å²) >= 11 is 1.25. The predicted molar refractivity (Wildman–Crippen MR) is 111 cm³/mol. The van der Waals surface area contributed by atoms with Gasteiger partial charge in [-0.3, -0.25) is 4.79 Å². The predicted octanol–water partition coefficient (Wildman–Crippen LogP) is 2.88. The summed E-state index contributed by atoms with van der Waals surface area (Å²) in [6.45, 7) is 2.08. The van der Waals surface area contributed by atoms with Crippen LogP contribution in [0.2, 0.25) is 0 Å². The maximum absolute atomic E-state index is 12.2. The van der Waals surface area contributed by atoms with Crippen molar-refractivity contribution in [2.24, 2.45) is 0 Å². The fourth-order valence-electron chi connectivity index (χ4n) is 2.65. The zero-order valence-electron chi connectivity index (χ0n) is 15.9. The summed E-state index contributed by atoms with van der Waals surface area (Å²) in [6.07, 6.45) is 1.47. The van der Waals surface area contributed by atoms with Crippen LogP contribution in [0.5, 0.6) is 5.75 Å². The number of amides is 1. The van der Waals surface area contributed by atoms with Crippen LogP contribution in [0.4, 0.5) is 5.69 Å². The lowest BCUT2D eigenvalue weighted by molar-refractivity contribution is -0.113. The number of nitrogens with one attached hydrogen (secondary N) is 1. The molecule has 2 aromatic carbocycles. The average Bonchev–Trinajstić information content (AvgIpc) is 3.06. The number of thioether (sulfide) groups is 1. The first-order chi connectivity index (χ1) is 13.6. The SMILES string of the molecule is CCc1cccc(NC(=O)CSc2nnc(Cc3ccc(OC)cc3)n2N)c1. The minimum absolute atomic E-state index is 0.113. The smallest absolute Gasteiger partial charge is 0.234 e. The molecule has 1 aromatic heterocycles. The van der Waals surface area contributed by atoms with Crippen molar-refractivity contribution in [3.8, 4) is 5.75 Å². The van der Waals surface area contributed by atoms with Crippen LogP contribution in [0.25, 0.3) is 0 Å². The Balaban J connectivity index is 1.56. The number of anilines is 1. The van der Waals surface area contributed by atoms with Gasteiger partial charge in [-0.2, -0.15) is 0 Å². The van der Waals surface area contributed by atoms with Crippen molar-refractivity contribution in [1.82, 2.24) is 14.9 Å². The maximum Gasteiger partial charge on any atom is 0.234 e. The first kappa shape index (κ1) is 19.8. The Morgan fingerprint density at radius 3 is 2.68 bits per heavy atom. The number of benzene rings is 2. The molecule has 3 rings (SSSR count). The number of nitrogens with zero attached hydrogens (tertiary/aromatic N) is 3. The number of hydrogen-bond donors (Lipinski definition) is 2. The van der Waals surface area contributed by atoms with E-state index >= 15 is 0 Å². The average molecular weight is 398 g/mol. The van der Waals surface area contributed by atoms with E-state index in [1.165, 1.54) is 22.0 Å². The number of rotatable bonds is 8. The third-order valence-electron chi connectivity index (χ3n) is 4.21. The van der Waals surface area contributed by atoms with Gasteiger partial charge in [0, 0.05) is 12.1 Å². The summed E-state index contributed by atoms with van der Waals surface area (Å²) < 4.78 is 6.59. The van der Waals surface area contributed by atoms with Gasteiger partial charge in [0.1, 0.15) is 5.75 Å². The number of methoxy groups -OCH3 is 1. The van der Waals surface area contributed by atoms with Crippen LogP contribution in [0.1, 0.15) is 23.9 Å². The highest BCUT2D eigenvalue weighted by molar-refractivity contribution is 7.99. The van der Waals surface area contributed by atoms with Gasteiger partial charge in [-0.15, -0.1) is 10.2 Å². The standard InChI is InChI=1S/C20H23N5O2S/c1-3-14-5-4-6-16(11-14)22-19(26)13-28-20-24-23-18(25(20)21)12-15-7-9-17(27-2)10-8-15/h4-11H,3,12-13,21H2,1-2H3,(H,22,26). The van der Waals surface area contributed by atoms with Crippen LogP contribution < -0.4 is 15.9 Å². The van der Waals surface area contributed by atoms with Crippen molar-refractivity contribution in [3.63, 3.8) is 0 Å². The zero-order chi connectivity index (χ0) is 19.9. The Bertz CT molecular complexity index is 940. The van der Waals surface area contributed by atoms with Gasteiger partial charge in [0.05, 0.1) is 12.9 Å². The molecule has 0 spiro atoms. The molecule has 8 heteroatoms. The van der Waals surface area contributed by atoms with Crippen LogP contribution >= 0.6 is 11.8 Å². The molecule has 0 radical (unpaired) electrons. The molecule has 0 saturated carbocycles. The van der Waals surface area contributed by atoms with E-state index in [0.717, 1.165) is 23.4 Å². The molecule has 0 aliphatic heterocycles. The van der Waals surface area contributed by atoms with Gasteiger partial charge in [-0.1, -0.05) is 43.0 Å². The molecule has 0 bridgehead atoms. The van der Waals surface area contributed by atoms with Crippen molar-refractivity contribution in [1.29, 1.82) is 0 Å². The Morgan fingerprint density at radius 2 is 1.96 bits per heavy atom. The number of hydrogen-bond acceptors (Lipinski definition) is 6. The molecule has 28 heavy (non-hydrogen) atoms. The zero-order valence-corrected chi connectivity index (χ0v) is 16.7. The summed E-state index contributed by atoms with van der Waals surface area (Å²) in [5, 5.41) is 11.6. The number of nitrogens with two attached hydrogens (primary N) is 1. The molecule has 0 saturated heterocycles. The second-order valence-electron chi connectivity index (χ2n) is 6.18. The summed E-state index contributed by atoms with van der Waals surface area (Å²) in [5.74, 6) is 7.61. The lowest BCUT2D eigenvalue weighted by Crippen LogP contribution is -2.17. The lowest BCUT2D eigenvalue weighted by Gasteiger charge is -2.07. The van der Waals surface area contributed by atoms with Crippen molar-refractivity contribution in [2.45, 2.75) is 24.9 Å². The van der Waals surface area contributed by atoms with E-state index in [1.54, 1.807) is 7.11 Å². The molecular weight excluding hydrogens is 374 g/mol. The highest BCUT2D eigenvalue weighted by Gasteiger charge is 2.13. The molecule has 146 valence electrons. The summed E-state index contributed by atoms with van der Waals surface area (Å²) in [6, 6.07) is 15.5. The van der Waals surface area contributed by atoms with E-state index < -0.39 is 0 Å². The topological polar surface area (TPSA) is 95.1 Å². The highest BCUT2D eigenvalue weighted by atomic mass is 32.2. The minimum Gasteiger partial charge on any atom is -0.497 e. The van der Waals surface area contributed by atoms with Crippen LogP contribution in [0, 0.1) is 0 Å². The Hall–Kier alpha value is -3.00. The van der Waals surface area contributed by atoms with E-state index in [0.29, 0.717) is 17.4 Å². The largest absolute Gasteiger partial charge is 0.497 e. The molecule has 1 heterocycles. The van der Waals surface area contributed by atoms with Gasteiger partial charge < -0.3 is 15.9 Å². The summed E-state index contributed by atoms with van der Waals surface area (Å²) in [4.78, 5) is 12.2. The first-order valence-corrected chi connectivity index (χ1v) is 9.91. The first-order valence-electron chi connectivity index (χ1n) is 8.93. The van der Waals surface area contributed by atoms with Crippen LogP contribution in [-0.2, 0) is 17.6 Å². The Morgan fingerprint density at radius 1 is 1.18 bits per heavy atom. The molecule has 0 atom stereocenters. The number of carbonyl (C=O) groups excluding carboxylic acids is 1. The van der Waals surface area contributed by atoms with E-state index in [-0.39, 0.29) is 11.7 Å². The minimum atomic E-state index is -0.113. The molecule has 7 nitrogen and oxygen atoms in total. The van der Waals surface area contributed by atoms with Gasteiger partial charge in [0.15, 0.2) is 5.82 Å². The fourth-order valence-corrected chi connectivity index (χ4v) is 3.32. The third-order valence-corrected chi connectivity index (χ3v) is 5.15. The summed E-state index contributed by atoms with van der Waals surface area (Å²) in [7, 11) is 1.63. The van der Waals surface area contributed by atoms with Gasteiger partial charge >= 0.3 is 0 Å². The number of aromatic nitrogens is 3. The molecule has 1 amide bonds.